The number of nitrogens with one attached hydrogen (secondary N) is 1. The first-order valence-electron chi connectivity index (χ1n) is 5.09. The van der Waals surface area contributed by atoms with Crippen LogP contribution in [0.25, 0.3) is 0 Å². The Labute approximate surface area is 75.7 Å². The van der Waals surface area contributed by atoms with Gasteiger partial charge < -0.3 is 10.1 Å². The third kappa shape index (κ3) is 3.55. The Kier molecular flexibility index (Phi) is 4.62. The molecular weight excluding hydrogens is 150 g/mol. The van der Waals surface area contributed by atoms with Crippen molar-refractivity contribution in [1.29, 1.82) is 0 Å². The number of hydrogen-bond acceptors (Lipinski definition) is 2. The first-order chi connectivity index (χ1) is 5.83. The normalized spacial score (nSPS) is 20.5. The number of rotatable bonds is 6. The predicted octanol–water partition coefficient (Wildman–Crippen LogP) is 1.94. The van der Waals surface area contributed by atoms with Gasteiger partial charge in [-0.05, 0) is 39.2 Å². The molecule has 0 aliphatic heterocycles. The van der Waals surface area contributed by atoms with Crippen LogP contribution in [0.4, 0.5) is 0 Å². The molecule has 2 heteroatoms. The lowest BCUT2D eigenvalue weighted by atomic mass is 9.93. The van der Waals surface area contributed by atoms with Crippen molar-refractivity contribution in [3.05, 3.63) is 0 Å². The van der Waals surface area contributed by atoms with Crippen LogP contribution in [0.5, 0.6) is 0 Å². The summed E-state index contributed by atoms with van der Waals surface area (Å²) < 4.78 is 5.17. The highest BCUT2D eigenvalue weighted by molar-refractivity contribution is 4.75. The Balaban J connectivity index is 1.82. The van der Waals surface area contributed by atoms with Crippen LogP contribution in [0.1, 0.15) is 39.0 Å². The van der Waals surface area contributed by atoms with E-state index in [2.05, 4.69) is 12.2 Å². The summed E-state index contributed by atoms with van der Waals surface area (Å²) in [6.45, 7) is 3.29. The zero-order valence-electron chi connectivity index (χ0n) is 8.31. The zero-order chi connectivity index (χ0) is 8.81. The molecule has 0 heterocycles. The molecule has 0 radical (unpaired) electrons. The minimum atomic E-state index is 0.424. The topological polar surface area (TPSA) is 21.3 Å². The van der Waals surface area contributed by atoms with Crippen LogP contribution >= 0.6 is 0 Å². The van der Waals surface area contributed by atoms with Gasteiger partial charge in [0.2, 0.25) is 0 Å². The molecule has 12 heavy (non-hydrogen) atoms. The van der Waals surface area contributed by atoms with Crippen LogP contribution in [0, 0.1) is 0 Å². The van der Waals surface area contributed by atoms with Gasteiger partial charge >= 0.3 is 0 Å². The average molecular weight is 171 g/mol. The van der Waals surface area contributed by atoms with Gasteiger partial charge in [-0.3, -0.25) is 0 Å². The zero-order valence-corrected chi connectivity index (χ0v) is 8.31. The summed E-state index contributed by atoms with van der Waals surface area (Å²) in [5, 5.41) is 3.54. The molecule has 0 saturated heterocycles. The van der Waals surface area contributed by atoms with Gasteiger partial charge in [0, 0.05) is 13.2 Å². The van der Waals surface area contributed by atoms with E-state index in [4.69, 9.17) is 4.74 Å². The van der Waals surface area contributed by atoms with Crippen molar-refractivity contribution in [1.82, 2.24) is 5.32 Å². The van der Waals surface area contributed by atoms with Gasteiger partial charge in [-0.25, -0.2) is 0 Å². The summed E-state index contributed by atoms with van der Waals surface area (Å²) in [7, 11) is 1.78. The van der Waals surface area contributed by atoms with Crippen molar-refractivity contribution in [3.63, 3.8) is 0 Å². The van der Waals surface area contributed by atoms with Crippen LogP contribution in [-0.2, 0) is 4.74 Å². The van der Waals surface area contributed by atoms with Gasteiger partial charge in [0.1, 0.15) is 0 Å². The van der Waals surface area contributed by atoms with E-state index in [1.54, 1.807) is 7.11 Å². The highest BCUT2D eigenvalue weighted by atomic mass is 16.5. The van der Waals surface area contributed by atoms with Gasteiger partial charge in [-0.2, -0.15) is 0 Å². The average Bonchev–Trinajstić information content (AvgIpc) is 2.00. The largest absolute Gasteiger partial charge is 0.382 e. The fourth-order valence-corrected chi connectivity index (χ4v) is 1.43. The molecule has 1 aliphatic rings. The molecule has 1 N–H and O–H groups in total. The van der Waals surface area contributed by atoms with E-state index in [-0.39, 0.29) is 0 Å². The van der Waals surface area contributed by atoms with Crippen molar-refractivity contribution >= 4 is 0 Å². The van der Waals surface area contributed by atoms with E-state index in [1.807, 2.05) is 0 Å². The summed E-state index contributed by atoms with van der Waals surface area (Å²) in [6.07, 6.45) is 7.04. The molecule has 0 aromatic rings. The van der Waals surface area contributed by atoms with Gasteiger partial charge in [-0.15, -0.1) is 0 Å². The van der Waals surface area contributed by atoms with E-state index in [0.717, 1.165) is 6.04 Å². The molecular formula is C10H21NO. The molecule has 0 spiro atoms. The van der Waals surface area contributed by atoms with Crippen molar-refractivity contribution in [3.8, 4) is 0 Å². The lowest BCUT2D eigenvalue weighted by Crippen LogP contribution is -2.35. The maximum absolute atomic E-state index is 5.17. The molecule has 1 saturated carbocycles. The quantitative estimate of drug-likeness (QED) is 0.617. The summed E-state index contributed by atoms with van der Waals surface area (Å²) in [5.74, 6) is 0. The van der Waals surface area contributed by atoms with E-state index in [9.17, 15) is 0 Å². The minimum absolute atomic E-state index is 0.424. The first kappa shape index (κ1) is 10.0. The summed E-state index contributed by atoms with van der Waals surface area (Å²) in [6, 6.07) is 0.836. The van der Waals surface area contributed by atoms with Crippen molar-refractivity contribution in [2.24, 2.45) is 0 Å². The van der Waals surface area contributed by atoms with Crippen LogP contribution in [0.2, 0.25) is 0 Å². The van der Waals surface area contributed by atoms with Crippen LogP contribution in [0.3, 0.4) is 0 Å². The molecule has 0 aromatic heterocycles. The molecule has 1 fully saturated rings. The molecule has 2 nitrogen and oxygen atoms in total. The SMILES string of the molecule is COC(C)CCCNC1CCC1. The fraction of sp³-hybridized carbons (Fsp3) is 1.00. The predicted molar refractivity (Wildman–Crippen MR) is 51.3 cm³/mol. The Bertz CT molecular complexity index is 106. The highest BCUT2D eigenvalue weighted by Gasteiger charge is 2.15. The van der Waals surface area contributed by atoms with Crippen molar-refractivity contribution < 1.29 is 4.74 Å². The Hall–Kier alpha value is -0.0800. The van der Waals surface area contributed by atoms with E-state index < -0.39 is 0 Å². The van der Waals surface area contributed by atoms with Gasteiger partial charge in [0.25, 0.3) is 0 Å². The standard InChI is InChI=1S/C10H21NO/c1-9(12-2)5-4-8-11-10-6-3-7-10/h9-11H,3-8H2,1-2H3. The molecule has 0 aromatic carbocycles. The van der Waals surface area contributed by atoms with Gasteiger partial charge in [0.05, 0.1) is 6.10 Å². The van der Waals surface area contributed by atoms with Crippen LogP contribution < -0.4 is 5.32 Å². The third-order valence-corrected chi connectivity index (χ3v) is 2.73. The van der Waals surface area contributed by atoms with E-state index in [1.165, 1.54) is 38.6 Å². The van der Waals surface area contributed by atoms with E-state index in [0.29, 0.717) is 6.10 Å². The summed E-state index contributed by atoms with van der Waals surface area (Å²) >= 11 is 0. The molecule has 0 amide bonds. The third-order valence-electron chi connectivity index (χ3n) is 2.73. The Morgan fingerprint density at radius 3 is 2.75 bits per heavy atom. The second kappa shape index (κ2) is 5.55. The number of methoxy groups -OCH3 is 1. The number of ether oxygens (including phenoxy) is 1. The molecule has 1 atom stereocenters. The second-order valence-electron chi connectivity index (χ2n) is 3.77. The first-order valence-corrected chi connectivity index (χ1v) is 5.09. The van der Waals surface area contributed by atoms with Crippen LogP contribution in [0.15, 0.2) is 0 Å². The monoisotopic (exact) mass is 171 g/mol. The smallest absolute Gasteiger partial charge is 0.0543 e. The highest BCUT2D eigenvalue weighted by Crippen LogP contribution is 2.17. The lowest BCUT2D eigenvalue weighted by molar-refractivity contribution is 0.108. The lowest BCUT2D eigenvalue weighted by Gasteiger charge is -2.26. The second-order valence-corrected chi connectivity index (χ2v) is 3.77. The van der Waals surface area contributed by atoms with Crippen LogP contribution in [-0.4, -0.2) is 25.8 Å². The molecule has 72 valence electrons. The molecule has 0 bridgehead atoms. The van der Waals surface area contributed by atoms with Gasteiger partial charge in [0.15, 0.2) is 0 Å². The molecule has 1 aliphatic carbocycles. The Morgan fingerprint density at radius 2 is 2.25 bits per heavy atom. The summed E-state index contributed by atoms with van der Waals surface area (Å²) in [5.41, 5.74) is 0. The molecule has 1 rings (SSSR count). The molecule has 1 unspecified atom stereocenters. The van der Waals surface area contributed by atoms with Crippen molar-refractivity contribution in [2.45, 2.75) is 51.2 Å². The Morgan fingerprint density at radius 1 is 1.50 bits per heavy atom. The minimum Gasteiger partial charge on any atom is -0.382 e. The van der Waals surface area contributed by atoms with E-state index >= 15 is 0 Å². The van der Waals surface area contributed by atoms with Gasteiger partial charge in [-0.1, -0.05) is 6.42 Å². The fourth-order valence-electron chi connectivity index (χ4n) is 1.43. The summed E-state index contributed by atoms with van der Waals surface area (Å²) in [4.78, 5) is 0. The van der Waals surface area contributed by atoms with Crippen molar-refractivity contribution in [2.75, 3.05) is 13.7 Å². The number of hydrogen-bond donors (Lipinski definition) is 1. The maximum atomic E-state index is 5.17. The maximum Gasteiger partial charge on any atom is 0.0543 e.